The second-order valence-electron chi connectivity index (χ2n) is 8.14. The van der Waals surface area contributed by atoms with Gasteiger partial charge in [-0.1, -0.05) is 12.1 Å². The third-order valence-electron chi connectivity index (χ3n) is 5.44. The van der Waals surface area contributed by atoms with Crippen molar-refractivity contribution in [3.8, 4) is 0 Å². The molecule has 0 bridgehead atoms. The van der Waals surface area contributed by atoms with Crippen molar-refractivity contribution in [3.05, 3.63) is 52.8 Å². The number of rotatable bonds is 5. The molecule has 0 radical (unpaired) electrons. The average Bonchev–Trinajstić information content (AvgIpc) is 2.73. The molecule has 4 rings (SSSR count). The molecule has 7 heteroatoms. The van der Waals surface area contributed by atoms with Gasteiger partial charge in [-0.05, 0) is 44.6 Å². The number of hydrogen-bond acceptors (Lipinski definition) is 6. The summed E-state index contributed by atoms with van der Waals surface area (Å²) in [6, 6.07) is 7.95. The first-order valence-corrected chi connectivity index (χ1v) is 10.3. The number of ether oxygens (including phenoxy) is 1. The van der Waals surface area contributed by atoms with Gasteiger partial charge in [0.1, 0.15) is 0 Å². The maximum atomic E-state index is 12.7. The van der Waals surface area contributed by atoms with E-state index in [4.69, 9.17) is 9.72 Å². The second kappa shape index (κ2) is 8.88. The molecule has 1 amide bonds. The van der Waals surface area contributed by atoms with Gasteiger partial charge in [0.2, 0.25) is 5.95 Å². The summed E-state index contributed by atoms with van der Waals surface area (Å²) < 4.78 is 5.47. The number of carbonyl (C=O) groups is 1. The number of benzene rings is 1. The van der Waals surface area contributed by atoms with Gasteiger partial charge in [-0.25, -0.2) is 9.97 Å². The first-order chi connectivity index (χ1) is 14.1. The second-order valence-corrected chi connectivity index (χ2v) is 8.14. The average molecular weight is 396 g/mol. The van der Waals surface area contributed by atoms with Crippen LogP contribution in [0.15, 0.2) is 30.5 Å². The minimum atomic E-state index is -0.0169. The molecular formula is C22H29N5O2. The standard InChI is InChI=1S/C22H29N5O2/c1-26(2)13-16-5-7-17(8-6-16)21(28)24-19-4-3-10-27(14-19)22-23-12-18-15-29-11-9-20(18)25-22/h5-8,12,19H,3-4,9-11,13-15H2,1-2H3,(H,24,28). The zero-order valence-corrected chi connectivity index (χ0v) is 17.2. The van der Waals surface area contributed by atoms with E-state index in [-0.39, 0.29) is 11.9 Å². The highest BCUT2D eigenvalue weighted by atomic mass is 16.5. The van der Waals surface area contributed by atoms with Gasteiger partial charge in [0.15, 0.2) is 0 Å². The van der Waals surface area contributed by atoms with E-state index in [9.17, 15) is 4.79 Å². The number of fused-ring (bicyclic) bond motifs is 1. The molecule has 29 heavy (non-hydrogen) atoms. The largest absolute Gasteiger partial charge is 0.376 e. The van der Waals surface area contributed by atoms with Crippen LogP contribution in [0.2, 0.25) is 0 Å². The molecule has 1 unspecified atom stereocenters. The van der Waals surface area contributed by atoms with E-state index in [1.54, 1.807) is 0 Å². The van der Waals surface area contributed by atoms with Gasteiger partial charge < -0.3 is 19.9 Å². The van der Waals surface area contributed by atoms with E-state index in [1.165, 1.54) is 5.56 Å². The van der Waals surface area contributed by atoms with Crippen molar-refractivity contribution < 1.29 is 9.53 Å². The van der Waals surface area contributed by atoms with Crippen molar-refractivity contribution in [2.45, 2.75) is 38.5 Å². The molecule has 3 heterocycles. The van der Waals surface area contributed by atoms with E-state index < -0.39 is 0 Å². The van der Waals surface area contributed by atoms with Gasteiger partial charge in [0, 0.05) is 49.4 Å². The van der Waals surface area contributed by atoms with Crippen molar-refractivity contribution >= 4 is 11.9 Å². The van der Waals surface area contributed by atoms with Crippen molar-refractivity contribution in [2.75, 3.05) is 38.7 Å². The molecule has 1 saturated heterocycles. The fourth-order valence-corrected chi connectivity index (χ4v) is 3.94. The quantitative estimate of drug-likeness (QED) is 0.835. The zero-order valence-electron chi connectivity index (χ0n) is 17.2. The van der Waals surface area contributed by atoms with Gasteiger partial charge in [0.05, 0.1) is 18.9 Å². The van der Waals surface area contributed by atoms with E-state index in [0.29, 0.717) is 12.2 Å². The highest BCUT2D eigenvalue weighted by Crippen LogP contribution is 2.20. The molecular weight excluding hydrogens is 366 g/mol. The Labute approximate surface area is 172 Å². The fraction of sp³-hybridized carbons (Fsp3) is 0.500. The Morgan fingerprint density at radius 2 is 2.14 bits per heavy atom. The lowest BCUT2D eigenvalue weighted by atomic mass is 10.0. The van der Waals surface area contributed by atoms with Crippen LogP contribution in [0.4, 0.5) is 5.95 Å². The van der Waals surface area contributed by atoms with Crippen LogP contribution in [0.3, 0.4) is 0 Å². The Kier molecular flexibility index (Phi) is 6.06. The summed E-state index contributed by atoms with van der Waals surface area (Å²) in [7, 11) is 4.07. The first kappa shape index (κ1) is 19.8. The van der Waals surface area contributed by atoms with Crippen LogP contribution >= 0.6 is 0 Å². The van der Waals surface area contributed by atoms with E-state index in [0.717, 1.165) is 62.7 Å². The molecule has 1 aromatic carbocycles. The number of nitrogens with zero attached hydrogens (tertiary/aromatic N) is 4. The van der Waals surface area contributed by atoms with Gasteiger partial charge in [-0.2, -0.15) is 0 Å². The Bertz CT molecular complexity index is 853. The normalized spacial score (nSPS) is 19.1. The molecule has 0 aliphatic carbocycles. The molecule has 2 aliphatic rings. The molecule has 2 aliphatic heterocycles. The van der Waals surface area contributed by atoms with Gasteiger partial charge in [0.25, 0.3) is 5.91 Å². The number of nitrogens with one attached hydrogen (secondary N) is 1. The fourth-order valence-electron chi connectivity index (χ4n) is 3.94. The lowest BCUT2D eigenvalue weighted by molar-refractivity contribution is 0.0933. The summed E-state index contributed by atoms with van der Waals surface area (Å²) >= 11 is 0. The first-order valence-electron chi connectivity index (χ1n) is 10.3. The Hall–Kier alpha value is -2.51. The minimum absolute atomic E-state index is 0.0169. The number of piperidine rings is 1. The molecule has 1 aromatic heterocycles. The van der Waals surface area contributed by atoms with Gasteiger partial charge in [-0.3, -0.25) is 4.79 Å². The highest BCUT2D eigenvalue weighted by molar-refractivity contribution is 5.94. The predicted octanol–water partition coefficient (Wildman–Crippen LogP) is 2.01. The maximum absolute atomic E-state index is 12.7. The van der Waals surface area contributed by atoms with Crippen LogP contribution in [-0.2, 0) is 24.3 Å². The molecule has 1 atom stereocenters. The SMILES string of the molecule is CN(C)Cc1ccc(C(=O)NC2CCCN(c3ncc4c(n3)CCOC4)C2)cc1. The molecule has 0 spiro atoms. The summed E-state index contributed by atoms with van der Waals surface area (Å²) in [5.74, 6) is 0.745. The van der Waals surface area contributed by atoms with Crippen molar-refractivity contribution in [1.29, 1.82) is 0 Å². The molecule has 1 fully saturated rings. The lowest BCUT2D eigenvalue weighted by Crippen LogP contribution is -2.48. The van der Waals surface area contributed by atoms with Gasteiger partial charge >= 0.3 is 0 Å². The van der Waals surface area contributed by atoms with Crippen LogP contribution in [0.25, 0.3) is 0 Å². The Morgan fingerprint density at radius 3 is 2.93 bits per heavy atom. The van der Waals surface area contributed by atoms with E-state index >= 15 is 0 Å². The van der Waals surface area contributed by atoms with Crippen LogP contribution in [0.1, 0.15) is 40.0 Å². The highest BCUT2D eigenvalue weighted by Gasteiger charge is 2.24. The number of anilines is 1. The predicted molar refractivity (Wildman–Crippen MR) is 112 cm³/mol. The summed E-state index contributed by atoms with van der Waals surface area (Å²) in [5.41, 5.74) is 4.07. The lowest BCUT2D eigenvalue weighted by Gasteiger charge is -2.33. The smallest absolute Gasteiger partial charge is 0.251 e. The number of amides is 1. The van der Waals surface area contributed by atoms with Crippen molar-refractivity contribution in [2.24, 2.45) is 0 Å². The van der Waals surface area contributed by atoms with Crippen LogP contribution < -0.4 is 10.2 Å². The van der Waals surface area contributed by atoms with Crippen LogP contribution in [-0.4, -0.2) is 60.6 Å². The maximum Gasteiger partial charge on any atom is 0.251 e. The third-order valence-corrected chi connectivity index (χ3v) is 5.44. The van der Waals surface area contributed by atoms with Crippen LogP contribution in [0, 0.1) is 0 Å². The van der Waals surface area contributed by atoms with Crippen molar-refractivity contribution in [3.63, 3.8) is 0 Å². The Morgan fingerprint density at radius 1 is 1.31 bits per heavy atom. The van der Waals surface area contributed by atoms with Crippen LogP contribution in [0.5, 0.6) is 0 Å². The summed E-state index contributed by atoms with van der Waals surface area (Å²) in [5, 5.41) is 3.19. The van der Waals surface area contributed by atoms with E-state index in [1.807, 2.05) is 44.6 Å². The number of aromatic nitrogens is 2. The summed E-state index contributed by atoms with van der Waals surface area (Å²) in [6.07, 6.45) is 4.70. The Balaban J connectivity index is 1.38. The monoisotopic (exact) mass is 395 g/mol. The zero-order chi connectivity index (χ0) is 20.2. The molecule has 0 saturated carbocycles. The summed E-state index contributed by atoms with van der Waals surface area (Å²) in [4.78, 5) is 26.3. The minimum Gasteiger partial charge on any atom is -0.376 e. The number of carbonyl (C=O) groups excluding carboxylic acids is 1. The molecule has 2 aromatic rings. The van der Waals surface area contributed by atoms with Crippen molar-refractivity contribution in [1.82, 2.24) is 20.2 Å². The molecule has 7 nitrogen and oxygen atoms in total. The molecule has 154 valence electrons. The third kappa shape index (κ3) is 4.92. The van der Waals surface area contributed by atoms with Gasteiger partial charge in [-0.15, -0.1) is 0 Å². The number of hydrogen-bond donors (Lipinski definition) is 1. The summed E-state index contributed by atoms with van der Waals surface area (Å²) in [6.45, 7) is 3.84. The molecule has 1 N–H and O–H groups in total. The topological polar surface area (TPSA) is 70.6 Å². The van der Waals surface area contributed by atoms with E-state index in [2.05, 4.69) is 20.1 Å².